The van der Waals surface area contributed by atoms with Crippen LogP contribution in [-0.2, 0) is 0 Å². The van der Waals surface area contributed by atoms with Gasteiger partial charge in [0.15, 0.2) is 0 Å². The molecule has 0 radical (unpaired) electrons. The van der Waals surface area contributed by atoms with E-state index in [1.807, 2.05) is 0 Å². The first kappa shape index (κ1) is 109. The summed E-state index contributed by atoms with van der Waals surface area (Å²) >= 11 is 0. The number of allylic oxidation sites excluding steroid dienone is 2. The largest absolute Gasteiger partial charge is 0.103 e. The van der Waals surface area contributed by atoms with Crippen LogP contribution in [0.5, 0.6) is 0 Å². The van der Waals surface area contributed by atoms with Gasteiger partial charge in [0.05, 0.1) is 0 Å². The second-order valence-electron chi connectivity index (χ2n) is 57.3. The molecule has 672 valence electrons. The van der Waals surface area contributed by atoms with Crippen molar-refractivity contribution in [2.24, 2.45) is 199 Å². The highest BCUT2D eigenvalue weighted by Gasteiger charge is 2.57. The summed E-state index contributed by atoms with van der Waals surface area (Å²) in [4.78, 5) is 0. The van der Waals surface area contributed by atoms with E-state index in [9.17, 15) is 0 Å². The van der Waals surface area contributed by atoms with Crippen LogP contribution < -0.4 is 0 Å². The minimum Gasteiger partial charge on any atom is -0.103 e. The van der Waals surface area contributed by atoms with Gasteiger partial charge in [-0.25, -0.2) is 0 Å². The second-order valence-corrected chi connectivity index (χ2v) is 57.3. The maximum Gasteiger partial charge on any atom is -0.0205 e. The van der Waals surface area contributed by atoms with Gasteiger partial charge >= 0.3 is 0 Å². The van der Waals surface area contributed by atoms with Gasteiger partial charge in [-0.2, -0.15) is 0 Å². The molecule has 0 heteroatoms. The van der Waals surface area contributed by atoms with Crippen molar-refractivity contribution < 1.29 is 0 Å². The lowest BCUT2D eigenvalue weighted by atomic mass is 9.48. The zero-order valence-electron chi connectivity index (χ0n) is 87.8. The highest BCUT2D eigenvalue weighted by Crippen LogP contribution is 2.65. The average molecular weight is 1580 g/mol. The molecule has 0 amide bonds. The van der Waals surface area contributed by atoms with Gasteiger partial charge in [-0.3, -0.25) is 0 Å². The molecule has 0 N–H and O–H groups in total. The lowest BCUT2D eigenvalue weighted by molar-refractivity contribution is -0.0787. The monoisotopic (exact) mass is 1580 g/mol. The lowest BCUT2D eigenvalue weighted by Gasteiger charge is -2.57. The van der Waals surface area contributed by atoms with Crippen LogP contribution >= 0.6 is 0 Å². The predicted molar refractivity (Wildman–Crippen MR) is 517 cm³/mol. The maximum absolute atomic E-state index is 4.21. The van der Waals surface area contributed by atoms with Crippen molar-refractivity contribution in [3.63, 3.8) is 0 Å². The Hall–Kier alpha value is -0.520. The summed E-state index contributed by atoms with van der Waals surface area (Å²) in [6, 6.07) is 0. The van der Waals surface area contributed by atoms with E-state index >= 15 is 0 Å². The number of hydrogen-bond acceptors (Lipinski definition) is 0. The zero-order chi connectivity index (χ0) is 88.6. The van der Waals surface area contributed by atoms with Crippen LogP contribution in [0.25, 0.3) is 0 Å². The maximum atomic E-state index is 4.21. The summed E-state index contributed by atoms with van der Waals surface area (Å²) in [6.45, 7) is 125. The van der Waals surface area contributed by atoms with E-state index in [0.29, 0.717) is 86.6 Å². The van der Waals surface area contributed by atoms with Gasteiger partial charge in [-0.15, -0.1) is 6.58 Å². The van der Waals surface area contributed by atoms with E-state index in [4.69, 9.17) is 0 Å². The lowest BCUT2D eigenvalue weighted by Crippen LogP contribution is -2.49. The van der Waals surface area contributed by atoms with Gasteiger partial charge in [-0.05, 0) is 322 Å². The van der Waals surface area contributed by atoms with Crippen molar-refractivity contribution in [3.8, 4) is 0 Å². The zero-order valence-corrected chi connectivity index (χ0v) is 87.8. The molecule has 20 atom stereocenters. The van der Waals surface area contributed by atoms with E-state index < -0.39 is 0 Å². The first-order valence-corrected chi connectivity index (χ1v) is 49.6. The quantitative estimate of drug-likeness (QED) is 0.246. The SMILES string of the molecule is C=C(C)C1CCC(C)(C(C)(C)C)C(C(C)(C)C)C1.C=CC1CCC(C(C)(C)C)C(C(C)(C)C)C1.CC(C)(C)C1C2CCC(C2)C1C(C)(C)C.CC(C)(C)C1CCCCC1C(C)(C)C.CC(C)(C)C1CCCCCCC1C(C)(C)C.CC(C)C1CCC(C)(C(C)(C)C)C(C(C)(C)C)C1.CCC1CCC(C(C)(C)C)C(C(C)(C)C)C1. The third kappa shape index (κ3) is 32.0. The summed E-state index contributed by atoms with van der Waals surface area (Å²) in [5.41, 5.74) is 8.74. The van der Waals surface area contributed by atoms with Crippen molar-refractivity contribution in [1.29, 1.82) is 0 Å². The molecule has 8 saturated carbocycles. The Bertz CT molecular complexity index is 2610. The number of fused-ring (bicyclic) bond motifs is 2. The van der Waals surface area contributed by atoms with E-state index in [-0.39, 0.29) is 0 Å². The fourth-order valence-corrected chi connectivity index (χ4v) is 26.7. The molecule has 8 aliphatic carbocycles. The molecular weight excluding hydrogens is 1360 g/mol. The van der Waals surface area contributed by atoms with E-state index in [1.54, 1.807) is 0 Å². The van der Waals surface area contributed by atoms with Crippen molar-refractivity contribution in [2.45, 2.75) is 499 Å². The summed E-state index contributed by atoms with van der Waals surface area (Å²) in [6.07, 6.45) is 39.3. The molecule has 0 aromatic heterocycles. The molecule has 20 unspecified atom stereocenters. The Morgan fingerprint density at radius 2 is 0.611 bits per heavy atom. The third-order valence-corrected chi connectivity index (χ3v) is 34.4. The van der Waals surface area contributed by atoms with E-state index in [1.165, 1.54) is 173 Å². The minimum atomic E-state index is 0.380. The Balaban J connectivity index is 0.000000448. The highest BCUT2D eigenvalue weighted by atomic mass is 14.6. The van der Waals surface area contributed by atoms with Crippen molar-refractivity contribution in [2.75, 3.05) is 0 Å². The van der Waals surface area contributed by atoms with Crippen LogP contribution in [0.4, 0.5) is 0 Å². The summed E-state index contributed by atoms with van der Waals surface area (Å²) < 4.78 is 0. The minimum absolute atomic E-state index is 0.380. The van der Waals surface area contributed by atoms with Gasteiger partial charge < -0.3 is 0 Å². The first-order valence-electron chi connectivity index (χ1n) is 49.6. The highest BCUT2D eigenvalue weighted by molar-refractivity contribution is 5.09. The molecule has 0 heterocycles. The van der Waals surface area contributed by atoms with E-state index in [2.05, 4.69) is 352 Å². The van der Waals surface area contributed by atoms with Gasteiger partial charge in [0.1, 0.15) is 0 Å². The summed E-state index contributed by atoms with van der Waals surface area (Å²) in [5.74, 6) is 17.1. The molecule has 2 bridgehead atoms. The molecule has 8 fully saturated rings. The molecule has 8 rings (SSSR count). The van der Waals surface area contributed by atoms with Gasteiger partial charge in [-0.1, -0.05) is 395 Å². The van der Waals surface area contributed by atoms with Crippen molar-refractivity contribution in [1.82, 2.24) is 0 Å². The third-order valence-electron chi connectivity index (χ3n) is 34.4. The molecule has 8 aliphatic rings. The van der Waals surface area contributed by atoms with Gasteiger partial charge in [0.2, 0.25) is 0 Å². The van der Waals surface area contributed by atoms with Gasteiger partial charge in [0.25, 0.3) is 0 Å². The Labute approximate surface area is 718 Å². The molecule has 0 aliphatic heterocycles. The van der Waals surface area contributed by atoms with Gasteiger partial charge in [0, 0.05) is 0 Å². The molecular formula is C113H220. The molecule has 0 saturated heterocycles. The van der Waals surface area contributed by atoms with Crippen LogP contribution in [0.3, 0.4) is 0 Å². The summed E-state index contributed by atoms with van der Waals surface area (Å²) in [7, 11) is 0. The van der Waals surface area contributed by atoms with Crippen LogP contribution in [0.2, 0.25) is 0 Å². The van der Waals surface area contributed by atoms with Crippen LogP contribution in [0.15, 0.2) is 24.8 Å². The predicted octanol–water partition coefficient (Wildman–Crippen LogP) is 38.3. The second kappa shape index (κ2) is 40.9. The van der Waals surface area contributed by atoms with Crippen LogP contribution in [-0.4, -0.2) is 0 Å². The molecule has 113 heavy (non-hydrogen) atoms. The van der Waals surface area contributed by atoms with Crippen molar-refractivity contribution in [3.05, 3.63) is 24.8 Å². The number of rotatable bonds is 4. The standard InChI is InChI=1S/C18H36.C18H34.2C16H32.C16H30.C15H28.C14H28/c2*1-13(2)14-10-11-18(9,17(6,7)8)15(12-14)16(3,4)5;1-15(2,3)13-11-9-7-8-10-12-14(13)16(4,5)6;2*1-8-12-9-10-13(15(2,3)4)14(11-12)16(5,6)7;1-14(2,3)12-10-7-8-11(9-10)13(12)15(4,5)6;1-13(2,3)11-9-7-8-10-12(11)14(4,5)6/h13-15H,10-12H2,1-9H3;14-15H,1,10-12H2,2-9H3;13-14H,7-12H2,1-6H3;12-14H,8-11H2,1-7H3;8,12-14H,1,9-11H2,2-7H3;10-13H,7-9H2,1-6H3;11-12H,7-10H2,1-6H3. The van der Waals surface area contributed by atoms with Crippen molar-refractivity contribution >= 4 is 0 Å². The topological polar surface area (TPSA) is 0 Å². The molecule has 0 aromatic carbocycles. The average Bonchev–Trinajstić information content (AvgIpc) is 1.54. The first-order chi connectivity index (χ1) is 50.3. The Morgan fingerprint density at radius 3 is 0.885 bits per heavy atom. The molecule has 0 aromatic rings. The fraction of sp³-hybridized carbons (Fsp3) is 0.965. The molecule has 0 nitrogen and oxygen atoms in total. The summed E-state index contributed by atoms with van der Waals surface area (Å²) in [5, 5.41) is 0. The number of hydrogen-bond donors (Lipinski definition) is 0. The normalized spacial score (nSPS) is 33.7. The fourth-order valence-electron chi connectivity index (χ4n) is 26.7. The smallest absolute Gasteiger partial charge is 0.0205 e. The van der Waals surface area contributed by atoms with Crippen LogP contribution in [0.1, 0.15) is 499 Å². The van der Waals surface area contributed by atoms with Crippen LogP contribution in [0, 0.1) is 199 Å². The molecule has 0 spiro atoms. The Morgan fingerprint density at radius 1 is 0.319 bits per heavy atom. The Kier molecular flexibility index (Phi) is 39.3. The van der Waals surface area contributed by atoms with E-state index in [0.717, 1.165) is 112 Å².